The summed E-state index contributed by atoms with van der Waals surface area (Å²) in [6, 6.07) is 0. The Hall–Kier alpha value is 0.350. The highest BCUT2D eigenvalue weighted by Gasteiger charge is 1.82. The molecule has 0 aromatic heterocycles. The maximum atomic E-state index is 4.78. The van der Waals surface area contributed by atoms with Gasteiger partial charge in [0, 0.05) is 5.25 Å². The molecule has 0 saturated heterocycles. The average Bonchev–Trinajstić information content (AvgIpc) is 1.38. The number of hydrogen-bond acceptors (Lipinski definition) is 0. The van der Waals surface area contributed by atoms with E-state index >= 15 is 0 Å². The molecule has 0 aliphatic rings. The fourth-order valence-electron chi connectivity index (χ4n) is 0. The quantitative estimate of drug-likeness (QED) is 0.461. The van der Waals surface area contributed by atoms with Crippen LogP contribution in [0.25, 0.3) is 0 Å². The zero-order valence-electron chi connectivity index (χ0n) is 3.69. The smallest absolute Gasteiger partial charge is 0.0120 e. The van der Waals surface area contributed by atoms with Gasteiger partial charge in [0.1, 0.15) is 0 Å². The molecule has 0 aliphatic heterocycles. The van der Waals surface area contributed by atoms with Gasteiger partial charge in [-0.05, 0) is 6.42 Å². The van der Waals surface area contributed by atoms with E-state index in [2.05, 4.69) is 6.92 Å². The van der Waals surface area contributed by atoms with E-state index in [1.165, 1.54) is 0 Å². The van der Waals surface area contributed by atoms with Crippen LogP contribution in [0.4, 0.5) is 0 Å². The molecule has 0 bridgehead atoms. The van der Waals surface area contributed by atoms with Crippen molar-refractivity contribution in [3.8, 4) is 0 Å². The van der Waals surface area contributed by atoms with Crippen molar-refractivity contribution in [2.75, 3.05) is 0 Å². The van der Waals surface area contributed by atoms with Crippen molar-refractivity contribution in [2.45, 2.75) is 25.5 Å². The van der Waals surface area contributed by atoms with Gasteiger partial charge in [0.05, 0.1) is 0 Å². The minimum Gasteiger partial charge on any atom is -0.0908 e. The van der Waals surface area contributed by atoms with Crippen LogP contribution < -0.4 is 0 Å². The molecule has 0 aromatic rings. The second kappa shape index (κ2) is 2.58. The second-order valence-corrected chi connectivity index (χ2v) is 2.02. The summed E-state index contributed by atoms with van der Waals surface area (Å²) in [6.45, 7) is 4.13. The molecule has 0 rings (SSSR count). The molecule has 0 aromatic carbocycles. The van der Waals surface area contributed by atoms with Crippen LogP contribution in [0.15, 0.2) is 0 Å². The molecule has 0 N–H and O–H groups in total. The second-order valence-electron chi connectivity index (χ2n) is 1.22. The van der Waals surface area contributed by atoms with Gasteiger partial charge in [-0.2, -0.15) is 0 Å². The van der Waals surface area contributed by atoms with Gasteiger partial charge in [-0.15, -0.1) is 0 Å². The Bertz CT molecular complexity index is 17.6. The van der Waals surface area contributed by atoms with Crippen LogP contribution >= 0.6 is 12.6 Å². The summed E-state index contributed by atoms with van der Waals surface area (Å²) in [4.78, 5) is 0. The molecule has 0 amide bonds. The average molecular weight is 89.2 g/mol. The van der Waals surface area contributed by atoms with E-state index in [4.69, 9.17) is 12.6 Å². The lowest BCUT2D eigenvalue weighted by atomic mass is 10.4. The highest BCUT2D eigenvalue weighted by atomic mass is 32.1. The van der Waals surface area contributed by atoms with Crippen molar-refractivity contribution in [1.82, 2.24) is 0 Å². The molecule has 0 heterocycles. The summed E-state index contributed by atoms with van der Waals surface area (Å²) in [5.74, 6) is 0. The SMILES string of the molecule is CCC(C)[S]. The van der Waals surface area contributed by atoms with Gasteiger partial charge in [-0.25, -0.2) is 0 Å². The third-order valence-electron chi connectivity index (χ3n) is 0.575. The lowest BCUT2D eigenvalue weighted by molar-refractivity contribution is 0.913. The molecule has 1 heteroatoms. The topological polar surface area (TPSA) is 0 Å². The Morgan fingerprint density at radius 3 is 2.00 bits per heavy atom. The third kappa shape index (κ3) is 4.35. The van der Waals surface area contributed by atoms with Gasteiger partial charge in [-0.3, -0.25) is 0 Å². The van der Waals surface area contributed by atoms with Crippen LogP contribution in [0, 0.1) is 0 Å². The largest absolute Gasteiger partial charge is 0.0908 e. The van der Waals surface area contributed by atoms with Gasteiger partial charge in [0.25, 0.3) is 0 Å². The molecule has 0 spiro atoms. The predicted molar refractivity (Wildman–Crippen MR) is 27.3 cm³/mol. The van der Waals surface area contributed by atoms with Crippen LogP contribution in [0.5, 0.6) is 0 Å². The maximum absolute atomic E-state index is 4.78. The Kier molecular flexibility index (Phi) is 2.76. The summed E-state index contributed by atoms with van der Waals surface area (Å²) < 4.78 is 0. The Labute approximate surface area is 39.0 Å². The maximum Gasteiger partial charge on any atom is 0.0120 e. The minimum atomic E-state index is 0.468. The highest BCUT2D eigenvalue weighted by Crippen LogP contribution is 1.94. The molecule has 0 fully saturated rings. The normalized spacial score (nSPS) is 15.0. The fourth-order valence-corrected chi connectivity index (χ4v) is 0. The molecular formula is C4H9S. The number of hydrogen-bond donors (Lipinski definition) is 0. The van der Waals surface area contributed by atoms with Gasteiger partial charge in [0.2, 0.25) is 0 Å². The predicted octanol–water partition coefficient (Wildman–Crippen LogP) is 1.98. The molecule has 31 valence electrons. The van der Waals surface area contributed by atoms with Crippen molar-refractivity contribution in [3.63, 3.8) is 0 Å². The first kappa shape index (κ1) is 5.35. The van der Waals surface area contributed by atoms with Crippen molar-refractivity contribution in [3.05, 3.63) is 0 Å². The van der Waals surface area contributed by atoms with Crippen LogP contribution in [0.1, 0.15) is 20.3 Å². The summed E-state index contributed by atoms with van der Waals surface area (Å²) in [7, 11) is 0. The van der Waals surface area contributed by atoms with Crippen molar-refractivity contribution >= 4 is 12.6 Å². The van der Waals surface area contributed by atoms with E-state index in [0.29, 0.717) is 5.25 Å². The zero-order chi connectivity index (χ0) is 4.28. The van der Waals surface area contributed by atoms with Gasteiger partial charge in [-0.1, -0.05) is 26.5 Å². The number of rotatable bonds is 1. The van der Waals surface area contributed by atoms with Gasteiger partial charge < -0.3 is 0 Å². The van der Waals surface area contributed by atoms with Crippen molar-refractivity contribution in [1.29, 1.82) is 0 Å². The molecule has 0 saturated carbocycles. The molecule has 1 unspecified atom stereocenters. The summed E-state index contributed by atoms with van der Waals surface area (Å²) in [6.07, 6.45) is 1.12. The molecular weight excluding hydrogens is 80.1 g/mol. The first-order valence-electron chi connectivity index (χ1n) is 1.93. The Morgan fingerprint density at radius 2 is 2.00 bits per heavy atom. The Balaban J connectivity index is 2.54. The minimum absolute atomic E-state index is 0.468. The van der Waals surface area contributed by atoms with E-state index in [-0.39, 0.29) is 0 Å². The van der Waals surface area contributed by atoms with E-state index in [1.54, 1.807) is 0 Å². The van der Waals surface area contributed by atoms with Crippen LogP contribution in [0.2, 0.25) is 0 Å². The lowest BCUT2D eigenvalue weighted by Gasteiger charge is -1.88. The Morgan fingerprint density at radius 1 is 1.80 bits per heavy atom. The van der Waals surface area contributed by atoms with Gasteiger partial charge >= 0.3 is 0 Å². The third-order valence-corrected chi connectivity index (χ3v) is 0.908. The molecule has 5 heavy (non-hydrogen) atoms. The van der Waals surface area contributed by atoms with Crippen LogP contribution in [0.3, 0.4) is 0 Å². The standard InChI is InChI=1S/C4H9S/c1-3-4(2)5/h4H,3H2,1-2H3. The van der Waals surface area contributed by atoms with E-state index in [0.717, 1.165) is 6.42 Å². The molecule has 0 aliphatic carbocycles. The summed E-state index contributed by atoms with van der Waals surface area (Å²) >= 11 is 4.78. The summed E-state index contributed by atoms with van der Waals surface area (Å²) in [5.41, 5.74) is 0. The van der Waals surface area contributed by atoms with Crippen LogP contribution in [-0.4, -0.2) is 5.25 Å². The lowest BCUT2D eigenvalue weighted by Crippen LogP contribution is -1.81. The summed E-state index contributed by atoms with van der Waals surface area (Å²) in [5, 5.41) is 0.468. The van der Waals surface area contributed by atoms with Crippen LogP contribution in [-0.2, 0) is 0 Å². The van der Waals surface area contributed by atoms with Crippen molar-refractivity contribution in [2.24, 2.45) is 0 Å². The van der Waals surface area contributed by atoms with Gasteiger partial charge in [0.15, 0.2) is 0 Å². The van der Waals surface area contributed by atoms with E-state index in [9.17, 15) is 0 Å². The molecule has 1 radical (unpaired) electrons. The fraction of sp³-hybridized carbons (Fsp3) is 1.00. The van der Waals surface area contributed by atoms with E-state index in [1.807, 2.05) is 6.92 Å². The first-order valence-corrected chi connectivity index (χ1v) is 2.40. The van der Waals surface area contributed by atoms with E-state index < -0.39 is 0 Å². The first-order chi connectivity index (χ1) is 2.27. The monoisotopic (exact) mass is 89.0 g/mol. The zero-order valence-corrected chi connectivity index (χ0v) is 4.51. The molecule has 1 atom stereocenters. The van der Waals surface area contributed by atoms with Crippen molar-refractivity contribution < 1.29 is 0 Å². The molecule has 0 nitrogen and oxygen atoms in total. The highest BCUT2D eigenvalue weighted by molar-refractivity contribution is 7.80.